The summed E-state index contributed by atoms with van der Waals surface area (Å²) in [6.45, 7) is -0.128. The van der Waals surface area contributed by atoms with Gasteiger partial charge in [-0.25, -0.2) is 0 Å². The number of hydrogen-bond acceptors (Lipinski definition) is 6. The molecule has 3 rings (SSSR count). The molecule has 1 aliphatic rings. The van der Waals surface area contributed by atoms with Crippen LogP contribution in [0.3, 0.4) is 0 Å². The lowest BCUT2D eigenvalue weighted by Crippen LogP contribution is -2.28. The molecule has 29 heavy (non-hydrogen) atoms. The summed E-state index contributed by atoms with van der Waals surface area (Å²) >= 11 is 0. The number of hydrogen-bond donors (Lipinski definition) is 1. The Morgan fingerprint density at radius 1 is 1.03 bits per heavy atom. The van der Waals surface area contributed by atoms with E-state index in [1.165, 1.54) is 6.07 Å². The van der Waals surface area contributed by atoms with Crippen LogP contribution in [0.25, 0.3) is 0 Å². The number of nitro benzene ring substituents is 2. The van der Waals surface area contributed by atoms with E-state index in [1.807, 2.05) is 0 Å². The Morgan fingerprint density at radius 2 is 1.62 bits per heavy atom. The molecule has 0 spiro atoms. The van der Waals surface area contributed by atoms with Crippen LogP contribution in [0.1, 0.15) is 6.42 Å². The van der Waals surface area contributed by atoms with Crippen molar-refractivity contribution in [1.82, 2.24) is 0 Å². The van der Waals surface area contributed by atoms with Crippen LogP contribution in [0.2, 0.25) is 0 Å². The lowest BCUT2D eigenvalue weighted by Gasteiger charge is -2.16. The van der Waals surface area contributed by atoms with Crippen LogP contribution in [-0.4, -0.2) is 28.2 Å². The topological polar surface area (TPSA) is 136 Å². The van der Waals surface area contributed by atoms with Gasteiger partial charge in [0.05, 0.1) is 21.5 Å². The van der Waals surface area contributed by atoms with Crippen molar-refractivity contribution in [2.24, 2.45) is 5.92 Å². The van der Waals surface area contributed by atoms with Crippen LogP contribution in [0.15, 0.2) is 36.4 Å². The Kier molecular flexibility index (Phi) is 5.17. The first kappa shape index (κ1) is 19.8. The van der Waals surface area contributed by atoms with Crippen LogP contribution in [-0.2, 0) is 9.59 Å². The molecule has 150 valence electrons. The maximum absolute atomic E-state index is 13.5. The van der Waals surface area contributed by atoms with E-state index < -0.39 is 50.6 Å². The number of anilines is 2. The van der Waals surface area contributed by atoms with Gasteiger partial charge in [0.2, 0.25) is 23.4 Å². The molecule has 12 heteroatoms. The summed E-state index contributed by atoms with van der Waals surface area (Å²) in [5.41, 5.74) is -1.57. The van der Waals surface area contributed by atoms with Crippen molar-refractivity contribution in [2.45, 2.75) is 6.42 Å². The van der Waals surface area contributed by atoms with Gasteiger partial charge < -0.3 is 10.2 Å². The van der Waals surface area contributed by atoms with Crippen LogP contribution in [0, 0.1) is 37.8 Å². The number of benzene rings is 2. The van der Waals surface area contributed by atoms with E-state index in [4.69, 9.17) is 0 Å². The monoisotopic (exact) mass is 406 g/mol. The van der Waals surface area contributed by atoms with E-state index in [-0.39, 0.29) is 24.3 Å². The van der Waals surface area contributed by atoms with E-state index in [2.05, 4.69) is 5.32 Å². The van der Waals surface area contributed by atoms with E-state index >= 15 is 0 Å². The van der Waals surface area contributed by atoms with Gasteiger partial charge in [0.25, 0.3) is 0 Å². The molecule has 1 atom stereocenters. The van der Waals surface area contributed by atoms with Crippen molar-refractivity contribution in [3.05, 3.63) is 68.3 Å². The molecule has 0 bridgehead atoms. The minimum Gasteiger partial charge on any atom is -0.326 e. The minimum atomic E-state index is -1.06. The van der Waals surface area contributed by atoms with E-state index in [9.17, 15) is 38.6 Å². The number of halogens is 2. The van der Waals surface area contributed by atoms with E-state index in [1.54, 1.807) is 0 Å². The molecule has 2 aromatic rings. The molecule has 1 unspecified atom stereocenters. The minimum absolute atomic E-state index is 0.0218. The van der Waals surface area contributed by atoms with Crippen molar-refractivity contribution in [1.29, 1.82) is 0 Å². The summed E-state index contributed by atoms with van der Waals surface area (Å²) in [4.78, 5) is 45.6. The SMILES string of the molecule is O=C(Nc1ccc(F)c([N+](=O)[O-])c1)C1CC(=O)N(c2ccc(F)c([N+](=O)[O-])c2)C1. The van der Waals surface area contributed by atoms with Crippen molar-refractivity contribution < 1.29 is 28.2 Å². The second kappa shape index (κ2) is 7.58. The van der Waals surface area contributed by atoms with Crippen LogP contribution >= 0.6 is 0 Å². The molecule has 1 N–H and O–H groups in total. The molecule has 0 aromatic heterocycles. The lowest BCUT2D eigenvalue weighted by molar-refractivity contribution is -0.387. The Morgan fingerprint density at radius 3 is 2.24 bits per heavy atom. The third kappa shape index (κ3) is 4.00. The third-order valence-corrected chi connectivity index (χ3v) is 4.34. The van der Waals surface area contributed by atoms with Crippen LogP contribution < -0.4 is 10.2 Å². The van der Waals surface area contributed by atoms with Crippen LogP contribution in [0.4, 0.5) is 31.5 Å². The fourth-order valence-corrected chi connectivity index (χ4v) is 2.92. The molecule has 10 nitrogen and oxygen atoms in total. The zero-order valence-corrected chi connectivity index (χ0v) is 14.5. The fourth-order valence-electron chi connectivity index (χ4n) is 2.92. The number of nitrogens with zero attached hydrogens (tertiary/aromatic N) is 3. The van der Waals surface area contributed by atoms with Crippen molar-refractivity contribution >= 4 is 34.6 Å². The zero-order chi connectivity index (χ0) is 21.3. The molecule has 0 aliphatic carbocycles. The highest BCUT2D eigenvalue weighted by Crippen LogP contribution is 2.30. The van der Waals surface area contributed by atoms with Crippen molar-refractivity contribution in [3.8, 4) is 0 Å². The lowest BCUT2D eigenvalue weighted by atomic mass is 10.1. The van der Waals surface area contributed by atoms with Crippen molar-refractivity contribution in [3.63, 3.8) is 0 Å². The highest BCUT2D eigenvalue weighted by Gasteiger charge is 2.36. The molecule has 1 aliphatic heterocycles. The molecule has 2 aromatic carbocycles. The van der Waals surface area contributed by atoms with Gasteiger partial charge in [-0.05, 0) is 24.3 Å². The maximum Gasteiger partial charge on any atom is 0.306 e. The summed E-state index contributed by atoms with van der Waals surface area (Å²) in [7, 11) is 0. The van der Waals surface area contributed by atoms with E-state index in [0.29, 0.717) is 0 Å². The Labute approximate surface area is 161 Å². The van der Waals surface area contributed by atoms with E-state index in [0.717, 1.165) is 35.2 Å². The predicted molar refractivity (Wildman–Crippen MR) is 95.2 cm³/mol. The average molecular weight is 406 g/mol. The summed E-state index contributed by atoms with van der Waals surface area (Å²) in [6.07, 6.45) is -0.222. The first-order valence-electron chi connectivity index (χ1n) is 8.16. The number of rotatable bonds is 5. The predicted octanol–water partition coefficient (Wildman–Crippen LogP) is 2.77. The third-order valence-electron chi connectivity index (χ3n) is 4.34. The molecule has 2 amide bonds. The summed E-state index contributed by atoms with van der Waals surface area (Å²) in [6, 6.07) is 5.76. The Hall–Kier alpha value is -3.96. The Balaban J connectivity index is 1.76. The second-order valence-electron chi connectivity index (χ2n) is 6.21. The molecule has 1 heterocycles. The van der Waals surface area contributed by atoms with Gasteiger partial charge in [-0.1, -0.05) is 0 Å². The standard InChI is InChI=1S/C17H12F2N4O6/c18-12-3-1-10(6-14(12)22(26)27)20-17(25)9-5-16(24)21(8-9)11-2-4-13(19)15(7-11)23(28)29/h1-4,6-7,9H,5,8H2,(H,20,25). The molecule has 0 radical (unpaired) electrons. The van der Waals surface area contributed by atoms with Gasteiger partial charge in [-0.3, -0.25) is 29.8 Å². The quantitative estimate of drug-likeness (QED) is 0.599. The summed E-state index contributed by atoms with van der Waals surface area (Å²) < 4.78 is 26.9. The molecule has 0 saturated carbocycles. The van der Waals surface area contributed by atoms with Gasteiger partial charge in [-0.15, -0.1) is 0 Å². The molecule has 1 fully saturated rings. The summed E-state index contributed by atoms with van der Waals surface area (Å²) in [5, 5.41) is 24.0. The number of carbonyl (C=O) groups excluding carboxylic acids is 2. The average Bonchev–Trinajstić information content (AvgIpc) is 3.05. The number of nitrogens with one attached hydrogen (secondary N) is 1. The second-order valence-corrected chi connectivity index (χ2v) is 6.21. The van der Waals surface area contributed by atoms with Crippen LogP contribution in [0.5, 0.6) is 0 Å². The highest BCUT2D eigenvalue weighted by atomic mass is 19.1. The largest absolute Gasteiger partial charge is 0.326 e. The van der Waals surface area contributed by atoms with Gasteiger partial charge >= 0.3 is 11.4 Å². The first-order chi connectivity index (χ1) is 13.7. The normalized spacial score (nSPS) is 16.0. The van der Waals surface area contributed by atoms with Gasteiger partial charge in [0, 0.05) is 30.8 Å². The maximum atomic E-state index is 13.5. The van der Waals surface area contributed by atoms with Gasteiger partial charge in [-0.2, -0.15) is 8.78 Å². The number of amides is 2. The summed E-state index contributed by atoms with van der Waals surface area (Å²) in [5.74, 6) is -4.13. The number of carbonyl (C=O) groups is 2. The molecular weight excluding hydrogens is 394 g/mol. The van der Waals surface area contributed by atoms with Gasteiger partial charge in [0.1, 0.15) is 0 Å². The smallest absolute Gasteiger partial charge is 0.306 e. The van der Waals surface area contributed by atoms with Crippen molar-refractivity contribution in [2.75, 3.05) is 16.8 Å². The molecule has 1 saturated heterocycles. The number of nitro groups is 2. The molecular formula is C17H12F2N4O6. The Bertz CT molecular complexity index is 1040. The first-order valence-corrected chi connectivity index (χ1v) is 8.16. The van der Waals surface area contributed by atoms with Gasteiger partial charge in [0.15, 0.2) is 0 Å². The zero-order valence-electron chi connectivity index (χ0n) is 14.5. The highest BCUT2D eigenvalue weighted by molar-refractivity contribution is 6.03. The fraction of sp³-hybridized carbons (Fsp3) is 0.176.